The van der Waals surface area contributed by atoms with E-state index in [-0.39, 0.29) is 0 Å². The van der Waals surface area contributed by atoms with Gasteiger partial charge in [0.25, 0.3) is 0 Å². The Hall–Kier alpha value is -2.89. The van der Waals surface area contributed by atoms with E-state index in [1.807, 2.05) is 36.5 Å². The molecule has 0 fully saturated rings. The SMILES string of the molecule is CNc1ncnc(-n2cc(-c3ccccc3)cn2)c1OC. The predicted octanol–water partition coefficient (Wildman–Crippen LogP) is 2.38. The molecule has 0 atom stereocenters. The summed E-state index contributed by atoms with van der Waals surface area (Å²) in [5.74, 6) is 1.78. The number of anilines is 1. The average Bonchev–Trinajstić information content (AvgIpc) is 3.04. The molecule has 3 rings (SSSR count). The van der Waals surface area contributed by atoms with E-state index in [9.17, 15) is 0 Å². The highest BCUT2D eigenvalue weighted by Gasteiger charge is 2.14. The Labute approximate surface area is 122 Å². The van der Waals surface area contributed by atoms with Gasteiger partial charge in [0.1, 0.15) is 6.33 Å². The molecule has 3 aromatic rings. The topological polar surface area (TPSA) is 64.9 Å². The van der Waals surface area contributed by atoms with Crippen LogP contribution in [0.4, 0.5) is 5.82 Å². The van der Waals surface area contributed by atoms with Crippen molar-refractivity contribution in [1.29, 1.82) is 0 Å². The van der Waals surface area contributed by atoms with Crippen molar-refractivity contribution in [2.45, 2.75) is 0 Å². The van der Waals surface area contributed by atoms with Crippen LogP contribution in [0.25, 0.3) is 16.9 Å². The van der Waals surface area contributed by atoms with Crippen molar-refractivity contribution in [3.8, 4) is 22.7 Å². The minimum atomic E-state index is 0.558. The summed E-state index contributed by atoms with van der Waals surface area (Å²) >= 11 is 0. The number of hydrogen-bond acceptors (Lipinski definition) is 5. The molecule has 1 N–H and O–H groups in total. The molecule has 2 heterocycles. The van der Waals surface area contributed by atoms with Crippen molar-refractivity contribution in [2.75, 3.05) is 19.5 Å². The number of nitrogens with one attached hydrogen (secondary N) is 1. The third kappa shape index (κ3) is 2.43. The van der Waals surface area contributed by atoms with E-state index in [0.717, 1.165) is 11.1 Å². The number of hydrogen-bond donors (Lipinski definition) is 1. The molecule has 106 valence electrons. The van der Waals surface area contributed by atoms with E-state index >= 15 is 0 Å². The van der Waals surface area contributed by atoms with E-state index < -0.39 is 0 Å². The molecular weight excluding hydrogens is 266 g/mol. The number of methoxy groups -OCH3 is 1. The molecule has 0 aliphatic rings. The Morgan fingerprint density at radius 1 is 1.10 bits per heavy atom. The van der Waals surface area contributed by atoms with E-state index in [1.165, 1.54) is 6.33 Å². The maximum Gasteiger partial charge on any atom is 0.206 e. The summed E-state index contributed by atoms with van der Waals surface area (Å²) in [5, 5.41) is 7.34. The maximum atomic E-state index is 5.39. The van der Waals surface area contributed by atoms with Crippen LogP contribution in [0.3, 0.4) is 0 Å². The second kappa shape index (κ2) is 5.62. The zero-order chi connectivity index (χ0) is 14.7. The molecule has 6 nitrogen and oxygen atoms in total. The third-order valence-electron chi connectivity index (χ3n) is 3.13. The summed E-state index contributed by atoms with van der Waals surface area (Å²) in [7, 11) is 3.37. The van der Waals surface area contributed by atoms with Gasteiger partial charge < -0.3 is 10.1 Å². The molecule has 0 unspecified atom stereocenters. The van der Waals surface area contributed by atoms with Crippen molar-refractivity contribution in [1.82, 2.24) is 19.7 Å². The first-order chi connectivity index (χ1) is 10.3. The lowest BCUT2D eigenvalue weighted by molar-refractivity contribution is 0.409. The van der Waals surface area contributed by atoms with Crippen LogP contribution in [0.1, 0.15) is 0 Å². The molecule has 1 aromatic carbocycles. The summed E-state index contributed by atoms with van der Waals surface area (Å²) in [4.78, 5) is 8.39. The zero-order valence-electron chi connectivity index (χ0n) is 11.8. The first-order valence-electron chi connectivity index (χ1n) is 6.50. The lowest BCUT2D eigenvalue weighted by Gasteiger charge is -2.10. The number of ether oxygens (including phenoxy) is 1. The van der Waals surface area contributed by atoms with Crippen LogP contribution in [0.5, 0.6) is 5.75 Å². The Kier molecular flexibility index (Phi) is 3.51. The van der Waals surface area contributed by atoms with Gasteiger partial charge in [-0.3, -0.25) is 0 Å². The van der Waals surface area contributed by atoms with E-state index in [0.29, 0.717) is 17.4 Å². The van der Waals surface area contributed by atoms with Gasteiger partial charge in [-0.15, -0.1) is 0 Å². The van der Waals surface area contributed by atoms with Crippen LogP contribution in [-0.2, 0) is 0 Å². The van der Waals surface area contributed by atoms with Gasteiger partial charge >= 0.3 is 0 Å². The van der Waals surface area contributed by atoms with Gasteiger partial charge in [-0.25, -0.2) is 14.6 Å². The van der Waals surface area contributed by atoms with Crippen molar-refractivity contribution in [3.05, 3.63) is 49.1 Å². The Bertz CT molecular complexity index is 739. The zero-order valence-corrected chi connectivity index (χ0v) is 11.8. The Balaban J connectivity index is 2.05. The molecule has 0 radical (unpaired) electrons. The van der Waals surface area contributed by atoms with Crippen LogP contribution >= 0.6 is 0 Å². The van der Waals surface area contributed by atoms with Crippen LogP contribution in [0.15, 0.2) is 49.1 Å². The Morgan fingerprint density at radius 2 is 1.90 bits per heavy atom. The van der Waals surface area contributed by atoms with Gasteiger partial charge in [0.2, 0.25) is 11.6 Å². The van der Waals surface area contributed by atoms with Crippen molar-refractivity contribution in [2.24, 2.45) is 0 Å². The summed E-state index contributed by atoms with van der Waals surface area (Å²) in [6.07, 6.45) is 5.20. The smallest absolute Gasteiger partial charge is 0.206 e. The van der Waals surface area contributed by atoms with Crippen molar-refractivity contribution >= 4 is 5.82 Å². The molecule has 0 aliphatic heterocycles. The number of benzene rings is 1. The van der Waals surface area contributed by atoms with Gasteiger partial charge in [-0.1, -0.05) is 30.3 Å². The molecule has 0 aliphatic carbocycles. The average molecular weight is 281 g/mol. The van der Waals surface area contributed by atoms with Gasteiger partial charge in [0, 0.05) is 18.8 Å². The fraction of sp³-hybridized carbons (Fsp3) is 0.133. The minimum Gasteiger partial charge on any atom is -0.490 e. The van der Waals surface area contributed by atoms with Gasteiger partial charge in [0.05, 0.1) is 13.3 Å². The van der Waals surface area contributed by atoms with Gasteiger partial charge in [-0.05, 0) is 5.56 Å². The van der Waals surface area contributed by atoms with Crippen LogP contribution in [0, 0.1) is 0 Å². The quantitative estimate of drug-likeness (QED) is 0.795. The highest BCUT2D eigenvalue weighted by molar-refractivity contribution is 5.63. The summed E-state index contributed by atoms with van der Waals surface area (Å²) in [5.41, 5.74) is 2.12. The summed E-state index contributed by atoms with van der Waals surface area (Å²) < 4.78 is 7.07. The molecule has 0 spiro atoms. The lowest BCUT2D eigenvalue weighted by Crippen LogP contribution is -2.05. The highest BCUT2D eigenvalue weighted by Crippen LogP contribution is 2.28. The number of nitrogens with zero attached hydrogens (tertiary/aromatic N) is 4. The van der Waals surface area contributed by atoms with Crippen LogP contribution in [0.2, 0.25) is 0 Å². The van der Waals surface area contributed by atoms with Gasteiger partial charge in [-0.2, -0.15) is 5.10 Å². The monoisotopic (exact) mass is 281 g/mol. The molecule has 21 heavy (non-hydrogen) atoms. The largest absolute Gasteiger partial charge is 0.490 e. The first kappa shape index (κ1) is 13.1. The molecule has 0 amide bonds. The van der Waals surface area contributed by atoms with E-state index in [2.05, 4.69) is 20.4 Å². The molecule has 2 aromatic heterocycles. The lowest BCUT2D eigenvalue weighted by atomic mass is 10.1. The molecule has 0 bridgehead atoms. The van der Waals surface area contributed by atoms with E-state index in [1.54, 1.807) is 25.0 Å². The van der Waals surface area contributed by atoms with Crippen LogP contribution < -0.4 is 10.1 Å². The number of aromatic nitrogens is 4. The molecule has 6 heteroatoms. The molecule has 0 saturated carbocycles. The second-order valence-corrected chi connectivity index (χ2v) is 4.37. The second-order valence-electron chi connectivity index (χ2n) is 4.37. The van der Waals surface area contributed by atoms with Crippen LogP contribution in [-0.4, -0.2) is 33.9 Å². The van der Waals surface area contributed by atoms with E-state index in [4.69, 9.17) is 4.74 Å². The maximum absolute atomic E-state index is 5.39. The first-order valence-corrected chi connectivity index (χ1v) is 6.50. The standard InChI is InChI=1S/C15H15N5O/c1-16-14-13(21-2)15(18-10-17-14)20-9-12(8-19-20)11-6-4-3-5-7-11/h3-10H,1-2H3,(H,16,17,18). The fourth-order valence-electron chi connectivity index (χ4n) is 2.11. The minimum absolute atomic E-state index is 0.558. The molecule has 0 saturated heterocycles. The summed E-state index contributed by atoms with van der Waals surface area (Å²) in [6.45, 7) is 0. The normalized spacial score (nSPS) is 10.4. The van der Waals surface area contributed by atoms with Crippen molar-refractivity contribution in [3.63, 3.8) is 0 Å². The van der Waals surface area contributed by atoms with Crippen molar-refractivity contribution < 1.29 is 4.74 Å². The number of rotatable bonds is 4. The van der Waals surface area contributed by atoms with Gasteiger partial charge in [0.15, 0.2) is 5.82 Å². The predicted molar refractivity (Wildman–Crippen MR) is 80.7 cm³/mol. The summed E-state index contributed by atoms with van der Waals surface area (Å²) in [6, 6.07) is 10.1. The third-order valence-corrected chi connectivity index (χ3v) is 3.13. The highest BCUT2D eigenvalue weighted by atomic mass is 16.5. The fourth-order valence-corrected chi connectivity index (χ4v) is 2.11. The Morgan fingerprint density at radius 3 is 2.62 bits per heavy atom. The molecular formula is C15H15N5O.